The third kappa shape index (κ3) is 4.69. The van der Waals surface area contributed by atoms with E-state index in [4.69, 9.17) is 0 Å². The molecule has 0 aromatic heterocycles. The number of fused-ring (bicyclic) bond motifs is 2. The predicted molar refractivity (Wildman–Crippen MR) is 158 cm³/mol. The van der Waals surface area contributed by atoms with Gasteiger partial charge in [0.15, 0.2) is 6.04 Å². The van der Waals surface area contributed by atoms with Crippen molar-refractivity contribution in [3.05, 3.63) is 124 Å². The number of carbonyl (C=O) groups is 2. The molecule has 5 heteroatoms. The van der Waals surface area contributed by atoms with Gasteiger partial charge in [-0.25, -0.2) is 4.79 Å². The zero-order valence-electron chi connectivity index (χ0n) is 23.0. The van der Waals surface area contributed by atoms with Gasteiger partial charge in [-0.1, -0.05) is 79.4 Å². The van der Waals surface area contributed by atoms with E-state index < -0.39 is 12.0 Å². The number of allylic oxidation sites excluding steroid dienone is 1. The zero-order chi connectivity index (χ0) is 27.9. The Bertz CT molecular complexity index is 1490. The quantitative estimate of drug-likeness (QED) is 0.360. The van der Waals surface area contributed by atoms with Crippen molar-refractivity contribution in [3.63, 3.8) is 0 Å². The molecule has 1 saturated carbocycles. The number of hydrogen-bond donors (Lipinski definition) is 2. The van der Waals surface area contributed by atoms with Crippen LogP contribution < -0.4 is 5.32 Å². The fraction of sp³-hybridized carbons (Fsp3) is 0.314. The molecule has 0 bridgehead atoms. The molecule has 3 aromatic rings. The van der Waals surface area contributed by atoms with Crippen LogP contribution in [0.2, 0.25) is 0 Å². The van der Waals surface area contributed by atoms with Gasteiger partial charge in [-0.15, -0.1) is 0 Å². The van der Waals surface area contributed by atoms with Gasteiger partial charge in [0, 0.05) is 30.1 Å². The number of rotatable bonds is 6. The molecular formula is C35H36N2O3. The summed E-state index contributed by atoms with van der Waals surface area (Å²) in [5, 5.41) is 12.4. The van der Waals surface area contributed by atoms with E-state index in [2.05, 4.69) is 66.2 Å². The molecule has 2 aliphatic carbocycles. The Kier molecular flexibility index (Phi) is 6.93. The second-order valence-corrected chi connectivity index (χ2v) is 11.6. The summed E-state index contributed by atoms with van der Waals surface area (Å²) in [6.07, 6.45) is 9.10. The second kappa shape index (κ2) is 10.5. The highest BCUT2D eigenvalue weighted by molar-refractivity contribution is 5.97. The molecular weight excluding hydrogens is 496 g/mol. The number of carbonyl (C=O) groups excluding carboxylic acids is 1. The molecule has 2 fully saturated rings. The molecule has 1 amide bonds. The minimum atomic E-state index is -1.09. The van der Waals surface area contributed by atoms with Crippen molar-refractivity contribution < 1.29 is 14.7 Å². The standard InChI is InChI=1S/C35H36N2O3/c1-23-20-28(33(38)36-32(34(39)40)26-9-4-3-5-10-26)13-15-30(23)27-12-14-29(21-27)37-19-18-35(24(2)22-37)17-16-25-8-6-7-11-31(25)35/h3-11,13,15-17,20,27,29,32H,2,12,14,18-19,21-22H2,1H3,(H,36,38)(H,39,40)/t27?,29?,32-,35?/m1/s1. The first kappa shape index (κ1) is 26.3. The third-order valence-corrected chi connectivity index (χ3v) is 9.36. The highest BCUT2D eigenvalue weighted by Gasteiger charge is 2.43. The maximum atomic E-state index is 13.0. The Labute approximate surface area is 236 Å². The number of benzene rings is 3. The monoisotopic (exact) mass is 532 g/mol. The maximum absolute atomic E-state index is 13.0. The molecule has 0 radical (unpaired) electrons. The van der Waals surface area contributed by atoms with E-state index in [1.165, 1.54) is 22.3 Å². The van der Waals surface area contributed by atoms with E-state index in [9.17, 15) is 14.7 Å². The van der Waals surface area contributed by atoms with Crippen molar-refractivity contribution in [1.29, 1.82) is 0 Å². The summed E-state index contributed by atoms with van der Waals surface area (Å²) in [5.74, 6) is -1.00. The molecule has 5 nitrogen and oxygen atoms in total. The first-order valence-corrected chi connectivity index (χ1v) is 14.3. The molecule has 6 rings (SSSR count). The van der Waals surface area contributed by atoms with Gasteiger partial charge in [0.05, 0.1) is 0 Å². The van der Waals surface area contributed by atoms with Crippen molar-refractivity contribution in [2.24, 2.45) is 0 Å². The molecule has 1 aliphatic heterocycles. The van der Waals surface area contributed by atoms with E-state index in [-0.39, 0.29) is 11.3 Å². The van der Waals surface area contributed by atoms with Crippen LogP contribution in [0, 0.1) is 6.92 Å². The van der Waals surface area contributed by atoms with E-state index in [0.717, 1.165) is 44.3 Å². The van der Waals surface area contributed by atoms with Crippen LogP contribution in [0.25, 0.3) is 6.08 Å². The highest BCUT2D eigenvalue weighted by Crippen LogP contribution is 2.48. The van der Waals surface area contributed by atoms with Crippen molar-refractivity contribution in [2.45, 2.75) is 56.0 Å². The summed E-state index contributed by atoms with van der Waals surface area (Å²) in [5.41, 5.74) is 7.42. The minimum Gasteiger partial charge on any atom is -0.479 e. The Morgan fingerprint density at radius 3 is 2.58 bits per heavy atom. The number of amides is 1. The van der Waals surface area contributed by atoms with Crippen molar-refractivity contribution >= 4 is 18.0 Å². The van der Waals surface area contributed by atoms with Crippen LogP contribution in [0.4, 0.5) is 0 Å². The molecule has 1 saturated heterocycles. The summed E-state index contributed by atoms with van der Waals surface area (Å²) in [6.45, 7) is 8.63. The summed E-state index contributed by atoms with van der Waals surface area (Å²) in [7, 11) is 0. The molecule has 204 valence electrons. The van der Waals surface area contributed by atoms with Crippen LogP contribution in [-0.4, -0.2) is 41.0 Å². The van der Waals surface area contributed by atoms with E-state index >= 15 is 0 Å². The number of piperidine rings is 1. The number of nitrogens with zero attached hydrogens (tertiary/aromatic N) is 1. The lowest BCUT2D eigenvalue weighted by molar-refractivity contribution is -0.139. The lowest BCUT2D eigenvalue weighted by Gasteiger charge is -2.43. The second-order valence-electron chi connectivity index (χ2n) is 11.6. The Morgan fingerprint density at radius 2 is 1.82 bits per heavy atom. The zero-order valence-corrected chi connectivity index (χ0v) is 23.0. The fourth-order valence-corrected chi connectivity index (χ4v) is 7.16. The molecule has 1 spiro atoms. The number of nitrogens with one attached hydrogen (secondary N) is 1. The first-order chi connectivity index (χ1) is 19.4. The van der Waals surface area contributed by atoms with Crippen molar-refractivity contribution in [2.75, 3.05) is 13.1 Å². The van der Waals surface area contributed by atoms with Gasteiger partial charge in [0.25, 0.3) is 5.91 Å². The van der Waals surface area contributed by atoms with Crippen LogP contribution in [0.5, 0.6) is 0 Å². The van der Waals surface area contributed by atoms with Crippen molar-refractivity contribution in [3.8, 4) is 0 Å². The Balaban J connectivity index is 1.10. The van der Waals surface area contributed by atoms with Crippen LogP contribution in [0.1, 0.15) is 75.8 Å². The number of aliphatic carboxylic acids is 1. The van der Waals surface area contributed by atoms with Crippen LogP contribution in [-0.2, 0) is 10.2 Å². The number of carboxylic acids is 1. The number of likely N-dealkylation sites (tertiary alicyclic amines) is 1. The summed E-state index contributed by atoms with van der Waals surface area (Å²) in [6, 6.07) is 22.8. The number of carboxylic acid groups (broad SMARTS) is 1. The van der Waals surface area contributed by atoms with Gasteiger partial charge in [0.2, 0.25) is 0 Å². The van der Waals surface area contributed by atoms with Gasteiger partial charge in [-0.3, -0.25) is 9.69 Å². The third-order valence-electron chi connectivity index (χ3n) is 9.36. The molecule has 3 aromatic carbocycles. The normalized spacial score (nSPS) is 24.7. The summed E-state index contributed by atoms with van der Waals surface area (Å²) in [4.78, 5) is 27.5. The highest BCUT2D eigenvalue weighted by atomic mass is 16.4. The average molecular weight is 533 g/mol. The van der Waals surface area contributed by atoms with Gasteiger partial charge in [-0.2, -0.15) is 0 Å². The summed E-state index contributed by atoms with van der Waals surface area (Å²) >= 11 is 0. The maximum Gasteiger partial charge on any atom is 0.330 e. The molecule has 2 N–H and O–H groups in total. The smallest absolute Gasteiger partial charge is 0.330 e. The summed E-state index contributed by atoms with van der Waals surface area (Å²) < 4.78 is 0. The SMILES string of the molecule is C=C1CN(C2CCC(c3ccc(C(=O)N[C@@H](C(=O)O)c4ccccc4)cc3C)C2)CCC12C=Cc1ccccc12. The number of hydrogen-bond acceptors (Lipinski definition) is 3. The lowest BCUT2D eigenvalue weighted by atomic mass is 9.71. The minimum absolute atomic E-state index is 0.0156. The van der Waals surface area contributed by atoms with Gasteiger partial charge in [0.1, 0.15) is 0 Å². The Hall–Kier alpha value is -3.96. The van der Waals surface area contributed by atoms with Crippen LogP contribution in [0.3, 0.4) is 0 Å². The van der Waals surface area contributed by atoms with Crippen LogP contribution in [0.15, 0.2) is 91.0 Å². The van der Waals surface area contributed by atoms with E-state index in [1.807, 2.05) is 18.2 Å². The number of aryl methyl sites for hydroxylation is 1. The molecule has 1 heterocycles. The first-order valence-electron chi connectivity index (χ1n) is 14.3. The lowest BCUT2D eigenvalue weighted by Crippen LogP contribution is -2.46. The fourth-order valence-electron chi connectivity index (χ4n) is 7.16. The predicted octanol–water partition coefficient (Wildman–Crippen LogP) is 6.41. The molecule has 4 atom stereocenters. The van der Waals surface area contributed by atoms with Crippen molar-refractivity contribution in [1.82, 2.24) is 10.2 Å². The van der Waals surface area contributed by atoms with E-state index in [0.29, 0.717) is 23.1 Å². The molecule has 3 unspecified atom stereocenters. The van der Waals surface area contributed by atoms with Gasteiger partial charge >= 0.3 is 5.97 Å². The van der Waals surface area contributed by atoms with Crippen LogP contribution >= 0.6 is 0 Å². The van der Waals surface area contributed by atoms with Gasteiger partial charge < -0.3 is 10.4 Å². The largest absolute Gasteiger partial charge is 0.479 e. The topological polar surface area (TPSA) is 69.6 Å². The van der Waals surface area contributed by atoms with E-state index in [1.54, 1.807) is 24.3 Å². The van der Waals surface area contributed by atoms with Gasteiger partial charge in [-0.05, 0) is 84.0 Å². The Morgan fingerprint density at radius 1 is 1.05 bits per heavy atom. The molecule has 40 heavy (non-hydrogen) atoms. The molecule has 3 aliphatic rings. The average Bonchev–Trinajstić information content (AvgIpc) is 3.60.